The quantitative estimate of drug-likeness (QED) is 0.626. The van der Waals surface area contributed by atoms with E-state index < -0.39 is 0 Å². The lowest BCUT2D eigenvalue weighted by Crippen LogP contribution is -2.10. The Morgan fingerprint density at radius 1 is 1.31 bits per heavy atom. The monoisotopic (exact) mass is 194 g/mol. The van der Waals surface area contributed by atoms with E-state index in [1.165, 1.54) is 5.56 Å². The van der Waals surface area contributed by atoms with Crippen LogP contribution in [0.4, 0.5) is 0 Å². The number of rotatable bonds is 1. The van der Waals surface area contributed by atoms with E-state index in [-0.39, 0.29) is 5.41 Å². The molecule has 0 radical (unpaired) electrons. The summed E-state index contributed by atoms with van der Waals surface area (Å²) in [5, 5.41) is 0.780. The molecule has 0 saturated carbocycles. The predicted octanol–water partition coefficient (Wildman–Crippen LogP) is 4.28. The molecule has 70 valence electrons. The molecular formula is C12H15Cl. The van der Waals surface area contributed by atoms with Crippen LogP contribution in [0.3, 0.4) is 0 Å². The highest BCUT2D eigenvalue weighted by atomic mass is 35.5. The van der Waals surface area contributed by atoms with Gasteiger partial charge in [-0.15, -0.1) is 0 Å². The summed E-state index contributed by atoms with van der Waals surface area (Å²) in [6.45, 7) is 10.2. The van der Waals surface area contributed by atoms with Crippen molar-refractivity contribution >= 4 is 17.7 Å². The van der Waals surface area contributed by atoms with Crippen LogP contribution in [0.15, 0.2) is 24.8 Å². The minimum Gasteiger partial charge on any atom is -0.0984 e. The molecule has 1 aromatic carbocycles. The minimum atomic E-state index is 0.156. The maximum absolute atomic E-state index is 6.06. The van der Waals surface area contributed by atoms with Crippen LogP contribution >= 0.6 is 11.6 Å². The Balaban J connectivity index is 3.17. The zero-order chi connectivity index (χ0) is 10.1. The lowest BCUT2D eigenvalue weighted by atomic mass is 9.87. The molecule has 0 aliphatic rings. The summed E-state index contributed by atoms with van der Waals surface area (Å²) >= 11 is 6.06. The van der Waals surface area contributed by atoms with Gasteiger partial charge in [-0.05, 0) is 22.6 Å². The van der Waals surface area contributed by atoms with Crippen LogP contribution in [0.25, 0.3) is 6.08 Å². The van der Waals surface area contributed by atoms with Crippen LogP contribution in [0, 0.1) is 0 Å². The highest BCUT2D eigenvalue weighted by Crippen LogP contribution is 2.27. The van der Waals surface area contributed by atoms with Gasteiger partial charge in [0.1, 0.15) is 0 Å². The van der Waals surface area contributed by atoms with Crippen molar-refractivity contribution in [2.45, 2.75) is 26.2 Å². The van der Waals surface area contributed by atoms with Gasteiger partial charge in [0, 0.05) is 5.02 Å². The molecule has 13 heavy (non-hydrogen) atoms. The summed E-state index contributed by atoms with van der Waals surface area (Å²) in [6, 6.07) is 6.12. The minimum absolute atomic E-state index is 0.156. The van der Waals surface area contributed by atoms with E-state index in [1.54, 1.807) is 6.08 Å². The molecule has 0 aromatic heterocycles. The first-order valence-corrected chi connectivity index (χ1v) is 4.75. The van der Waals surface area contributed by atoms with E-state index in [9.17, 15) is 0 Å². The van der Waals surface area contributed by atoms with Crippen LogP contribution in [0.2, 0.25) is 5.02 Å². The molecule has 0 unspecified atom stereocenters. The van der Waals surface area contributed by atoms with Crippen molar-refractivity contribution in [2.75, 3.05) is 0 Å². The summed E-state index contributed by atoms with van der Waals surface area (Å²) in [7, 11) is 0. The second kappa shape index (κ2) is 3.55. The number of hydrogen-bond acceptors (Lipinski definition) is 0. The lowest BCUT2D eigenvalue weighted by molar-refractivity contribution is 0.590. The van der Waals surface area contributed by atoms with E-state index in [2.05, 4.69) is 33.4 Å². The van der Waals surface area contributed by atoms with Gasteiger partial charge in [0.15, 0.2) is 0 Å². The topological polar surface area (TPSA) is 0 Å². The first-order chi connectivity index (χ1) is 5.95. The van der Waals surface area contributed by atoms with Gasteiger partial charge in [0.05, 0.1) is 0 Å². The fraction of sp³-hybridized carbons (Fsp3) is 0.333. The molecule has 0 nitrogen and oxygen atoms in total. The Morgan fingerprint density at radius 3 is 2.31 bits per heavy atom. The Bertz CT molecular complexity index is 318. The Labute approximate surface area is 85.2 Å². The SMILES string of the molecule is C=Cc1ccc(C(C)(C)C)cc1Cl. The molecule has 0 spiro atoms. The number of benzene rings is 1. The maximum atomic E-state index is 6.06. The second-order valence-corrected chi connectivity index (χ2v) is 4.60. The molecule has 1 aromatic rings. The van der Waals surface area contributed by atoms with Crippen LogP contribution in [-0.2, 0) is 5.41 Å². The third-order valence-electron chi connectivity index (χ3n) is 2.09. The van der Waals surface area contributed by atoms with Gasteiger partial charge in [-0.25, -0.2) is 0 Å². The average Bonchev–Trinajstić information content (AvgIpc) is 2.02. The third-order valence-corrected chi connectivity index (χ3v) is 2.41. The standard InChI is InChI=1S/C12H15Cl/c1-5-9-6-7-10(8-11(9)13)12(2,3)4/h5-8H,1H2,2-4H3. The number of halogens is 1. The summed E-state index contributed by atoms with van der Waals surface area (Å²) in [5.74, 6) is 0. The van der Waals surface area contributed by atoms with Gasteiger partial charge >= 0.3 is 0 Å². The van der Waals surface area contributed by atoms with Crippen LogP contribution in [0.5, 0.6) is 0 Å². The molecule has 0 fully saturated rings. The van der Waals surface area contributed by atoms with Gasteiger partial charge in [-0.3, -0.25) is 0 Å². The molecule has 0 aliphatic carbocycles. The van der Waals surface area contributed by atoms with Gasteiger partial charge in [-0.1, -0.05) is 57.2 Å². The molecule has 0 saturated heterocycles. The molecular weight excluding hydrogens is 180 g/mol. The largest absolute Gasteiger partial charge is 0.0984 e. The van der Waals surface area contributed by atoms with Gasteiger partial charge < -0.3 is 0 Å². The fourth-order valence-electron chi connectivity index (χ4n) is 1.16. The third kappa shape index (κ3) is 2.35. The predicted molar refractivity (Wildman–Crippen MR) is 60.2 cm³/mol. The first kappa shape index (κ1) is 10.3. The molecule has 0 heterocycles. The van der Waals surface area contributed by atoms with E-state index in [1.807, 2.05) is 12.1 Å². The maximum Gasteiger partial charge on any atom is 0.0481 e. The van der Waals surface area contributed by atoms with Crippen molar-refractivity contribution in [3.8, 4) is 0 Å². The fourth-order valence-corrected chi connectivity index (χ4v) is 1.42. The highest BCUT2D eigenvalue weighted by Gasteiger charge is 2.14. The van der Waals surface area contributed by atoms with Gasteiger partial charge in [0.25, 0.3) is 0 Å². The van der Waals surface area contributed by atoms with Crippen molar-refractivity contribution in [1.29, 1.82) is 0 Å². The summed E-state index contributed by atoms with van der Waals surface area (Å²) < 4.78 is 0. The smallest absolute Gasteiger partial charge is 0.0481 e. The molecule has 0 bridgehead atoms. The van der Waals surface area contributed by atoms with Crippen LogP contribution in [0.1, 0.15) is 31.9 Å². The van der Waals surface area contributed by atoms with Crippen molar-refractivity contribution < 1.29 is 0 Å². The molecule has 0 atom stereocenters. The molecule has 0 aliphatic heterocycles. The number of hydrogen-bond donors (Lipinski definition) is 0. The molecule has 0 amide bonds. The zero-order valence-electron chi connectivity index (χ0n) is 8.39. The van der Waals surface area contributed by atoms with Crippen molar-refractivity contribution in [3.05, 3.63) is 40.9 Å². The second-order valence-electron chi connectivity index (χ2n) is 4.19. The summed E-state index contributed by atoms with van der Waals surface area (Å²) in [6.07, 6.45) is 1.77. The van der Waals surface area contributed by atoms with Gasteiger partial charge in [0.2, 0.25) is 0 Å². The van der Waals surface area contributed by atoms with Crippen molar-refractivity contribution in [2.24, 2.45) is 0 Å². The van der Waals surface area contributed by atoms with Crippen molar-refractivity contribution in [3.63, 3.8) is 0 Å². The molecule has 1 heteroatoms. The van der Waals surface area contributed by atoms with Crippen LogP contribution in [-0.4, -0.2) is 0 Å². The van der Waals surface area contributed by atoms with Gasteiger partial charge in [-0.2, -0.15) is 0 Å². The Hall–Kier alpha value is -0.750. The normalized spacial score (nSPS) is 11.4. The first-order valence-electron chi connectivity index (χ1n) is 4.37. The van der Waals surface area contributed by atoms with E-state index in [0.29, 0.717) is 0 Å². The summed E-state index contributed by atoms with van der Waals surface area (Å²) in [4.78, 5) is 0. The summed E-state index contributed by atoms with van der Waals surface area (Å²) in [5.41, 5.74) is 2.40. The Morgan fingerprint density at radius 2 is 1.92 bits per heavy atom. The lowest BCUT2D eigenvalue weighted by Gasteiger charge is -2.19. The van der Waals surface area contributed by atoms with Crippen LogP contribution < -0.4 is 0 Å². The van der Waals surface area contributed by atoms with E-state index >= 15 is 0 Å². The highest BCUT2D eigenvalue weighted by molar-refractivity contribution is 6.32. The van der Waals surface area contributed by atoms with E-state index in [0.717, 1.165) is 10.6 Å². The van der Waals surface area contributed by atoms with Crippen molar-refractivity contribution in [1.82, 2.24) is 0 Å². The average molecular weight is 195 g/mol. The molecule has 0 N–H and O–H groups in total. The van der Waals surface area contributed by atoms with E-state index in [4.69, 9.17) is 11.6 Å². The Kier molecular flexibility index (Phi) is 2.82. The zero-order valence-corrected chi connectivity index (χ0v) is 9.15. The molecule has 1 rings (SSSR count).